The molecular formula is C17H17N3OS. The van der Waals surface area contributed by atoms with Gasteiger partial charge < -0.3 is 10.1 Å². The molecule has 5 heteroatoms. The van der Waals surface area contributed by atoms with Crippen molar-refractivity contribution in [3.63, 3.8) is 0 Å². The number of para-hydroxylation sites is 2. The topological polar surface area (TPSA) is 47.0 Å². The van der Waals surface area contributed by atoms with Crippen LogP contribution in [-0.4, -0.2) is 17.1 Å². The Morgan fingerprint density at radius 2 is 1.95 bits per heavy atom. The van der Waals surface area contributed by atoms with Crippen LogP contribution in [-0.2, 0) is 0 Å². The third-order valence-electron chi connectivity index (χ3n) is 3.44. The number of ether oxygens (including phenoxy) is 1. The molecule has 0 spiro atoms. The van der Waals surface area contributed by atoms with Gasteiger partial charge in [0.2, 0.25) is 0 Å². The fourth-order valence-corrected chi connectivity index (χ4v) is 3.12. The van der Waals surface area contributed by atoms with Crippen LogP contribution in [0.5, 0.6) is 5.75 Å². The number of anilines is 2. The summed E-state index contributed by atoms with van der Waals surface area (Å²) in [5, 5.41) is 4.18. The molecule has 3 rings (SSSR count). The quantitative estimate of drug-likeness (QED) is 0.766. The van der Waals surface area contributed by atoms with Gasteiger partial charge in [0.15, 0.2) is 5.13 Å². The Bertz CT molecular complexity index is 798. The molecule has 0 aliphatic carbocycles. The van der Waals surface area contributed by atoms with E-state index in [2.05, 4.69) is 24.1 Å². The van der Waals surface area contributed by atoms with Gasteiger partial charge >= 0.3 is 0 Å². The van der Waals surface area contributed by atoms with Gasteiger partial charge in [-0.3, -0.25) is 4.98 Å². The van der Waals surface area contributed by atoms with E-state index in [0.29, 0.717) is 0 Å². The van der Waals surface area contributed by atoms with Gasteiger partial charge in [-0.15, -0.1) is 11.3 Å². The average Bonchev–Trinajstić information content (AvgIpc) is 2.89. The molecule has 2 aromatic heterocycles. The van der Waals surface area contributed by atoms with Gasteiger partial charge in [-0.25, -0.2) is 4.98 Å². The largest absolute Gasteiger partial charge is 0.495 e. The van der Waals surface area contributed by atoms with Crippen LogP contribution in [0.15, 0.2) is 42.7 Å². The van der Waals surface area contributed by atoms with Gasteiger partial charge in [-0.05, 0) is 37.6 Å². The van der Waals surface area contributed by atoms with Crippen molar-refractivity contribution in [1.82, 2.24) is 9.97 Å². The number of aromatic nitrogens is 2. The molecule has 4 nitrogen and oxygen atoms in total. The van der Waals surface area contributed by atoms with E-state index in [4.69, 9.17) is 9.72 Å². The normalized spacial score (nSPS) is 10.5. The Balaban J connectivity index is 1.95. The average molecular weight is 311 g/mol. The molecule has 112 valence electrons. The Morgan fingerprint density at radius 1 is 1.14 bits per heavy atom. The summed E-state index contributed by atoms with van der Waals surface area (Å²) in [6.07, 6.45) is 3.67. The summed E-state index contributed by atoms with van der Waals surface area (Å²) in [7, 11) is 1.66. The van der Waals surface area contributed by atoms with Gasteiger partial charge in [0.1, 0.15) is 5.75 Å². The standard InChI is InChI=1S/C17H17N3OS/c1-11-8-9-18-10-13(11)16-12(2)22-17(20-16)19-14-6-4-5-7-15(14)21-3/h4-10H,1-3H3,(H,19,20). The first-order valence-corrected chi connectivity index (χ1v) is 7.79. The minimum Gasteiger partial charge on any atom is -0.495 e. The Kier molecular flexibility index (Phi) is 4.06. The molecule has 1 N–H and O–H groups in total. The maximum atomic E-state index is 5.36. The molecule has 22 heavy (non-hydrogen) atoms. The number of pyridine rings is 1. The van der Waals surface area contributed by atoms with Crippen molar-refractivity contribution in [1.29, 1.82) is 0 Å². The van der Waals surface area contributed by atoms with Gasteiger partial charge in [-0.1, -0.05) is 12.1 Å². The van der Waals surface area contributed by atoms with Gasteiger partial charge in [0, 0.05) is 22.8 Å². The summed E-state index contributed by atoms with van der Waals surface area (Å²) in [5.41, 5.74) is 4.14. The molecular weight excluding hydrogens is 294 g/mol. The molecule has 0 unspecified atom stereocenters. The van der Waals surface area contributed by atoms with E-state index in [-0.39, 0.29) is 0 Å². The van der Waals surface area contributed by atoms with E-state index in [1.54, 1.807) is 24.6 Å². The number of benzene rings is 1. The SMILES string of the molecule is COc1ccccc1Nc1nc(-c2cnccc2C)c(C)s1. The second-order valence-corrected chi connectivity index (χ2v) is 6.14. The van der Waals surface area contributed by atoms with Gasteiger partial charge in [0.05, 0.1) is 18.5 Å². The molecule has 0 fully saturated rings. The van der Waals surface area contributed by atoms with Crippen molar-refractivity contribution in [2.45, 2.75) is 13.8 Å². The molecule has 0 amide bonds. The second kappa shape index (κ2) is 6.15. The molecule has 0 aliphatic rings. The number of rotatable bonds is 4. The summed E-state index contributed by atoms with van der Waals surface area (Å²) in [6, 6.07) is 9.82. The van der Waals surface area contributed by atoms with Crippen LogP contribution in [0, 0.1) is 13.8 Å². The zero-order valence-corrected chi connectivity index (χ0v) is 13.6. The van der Waals surface area contributed by atoms with Crippen LogP contribution >= 0.6 is 11.3 Å². The van der Waals surface area contributed by atoms with Crippen molar-refractivity contribution in [3.05, 3.63) is 53.2 Å². The van der Waals surface area contributed by atoms with E-state index < -0.39 is 0 Å². The number of thiazole rings is 1. The van der Waals surface area contributed by atoms with E-state index >= 15 is 0 Å². The highest BCUT2D eigenvalue weighted by atomic mass is 32.1. The van der Waals surface area contributed by atoms with Crippen LogP contribution in [0.4, 0.5) is 10.8 Å². The van der Waals surface area contributed by atoms with E-state index in [0.717, 1.165) is 32.7 Å². The van der Waals surface area contributed by atoms with Crippen LogP contribution in [0.2, 0.25) is 0 Å². The van der Waals surface area contributed by atoms with E-state index in [1.165, 1.54) is 5.56 Å². The monoisotopic (exact) mass is 311 g/mol. The lowest BCUT2D eigenvalue weighted by Crippen LogP contribution is -1.94. The highest BCUT2D eigenvalue weighted by molar-refractivity contribution is 7.16. The predicted molar refractivity (Wildman–Crippen MR) is 91.1 cm³/mol. The Labute approximate surface area is 133 Å². The highest BCUT2D eigenvalue weighted by Gasteiger charge is 2.13. The molecule has 0 bridgehead atoms. The van der Waals surface area contributed by atoms with Crippen LogP contribution < -0.4 is 10.1 Å². The van der Waals surface area contributed by atoms with Crippen LogP contribution in [0.25, 0.3) is 11.3 Å². The Morgan fingerprint density at radius 3 is 2.73 bits per heavy atom. The summed E-state index contributed by atoms with van der Waals surface area (Å²) in [5.74, 6) is 0.800. The summed E-state index contributed by atoms with van der Waals surface area (Å²) in [6.45, 7) is 4.15. The first kappa shape index (κ1) is 14.5. The van der Waals surface area contributed by atoms with Crippen LogP contribution in [0.3, 0.4) is 0 Å². The number of methoxy groups -OCH3 is 1. The fraction of sp³-hybridized carbons (Fsp3) is 0.176. The smallest absolute Gasteiger partial charge is 0.188 e. The van der Waals surface area contributed by atoms with Crippen molar-refractivity contribution in [3.8, 4) is 17.0 Å². The van der Waals surface area contributed by atoms with Crippen molar-refractivity contribution >= 4 is 22.2 Å². The molecule has 0 aliphatic heterocycles. The first-order valence-electron chi connectivity index (χ1n) is 6.97. The number of nitrogens with zero attached hydrogens (tertiary/aromatic N) is 2. The summed E-state index contributed by atoms with van der Waals surface area (Å²) >= 11 is 1.63. The lowest BCUT2D eigenvalue weighted by atomic mass is 10.1. The third kappa shape index (κ3) is 2.80. The maximum Gasteiger partial charge on any atom is 0.188 e. The molecule has 2 heterocycles. The molecule has 1 aromatic carbocycles. The maximum absolute atomic E-state index is 5.36. The zero-order chi connectivity index (χ0) is 15.5. The third-order valence-corrected chi connectivity index (χ3v) is 4.33. The van der Waals surface area contributed by atoms with E-state index in [9.17, 15) is 0 Å². The number of aryl methyl sites for hydroxylation is 2. The molecule has 3 aromatic rings. The lowest BCUT2D eigenvalue weighted by molar-refractivity contribution is 0.417. The summed E-state index contributed by atoms with van der Waals surface area (Å²) in [4.78, 5) is 10.1. The van der Waals surface area contributed by atoms with Crippen LogP contribution in [0.1, 0.15) is 10.4 Å². The van der Waals surface area contributed by atoms with Crippen molar-refractivity contribution in [2.75, 3.05) is 12.4 Å². The molecule has 0 saturated carbocycles. The molecule has 0 radical (unpaired) electrons. The molecule has 0 atom stereocenters. The van der Waals surface area contributed by atoms with Gasteiger partial charge in [-0.2, -0.15) is 0 Å². The highest BCUT2D eigenvalue weighted by Crippen LogP contribution is 2.35. The van der Waals surface area contributed by atoms with E-state index in [1.807, 2.05) is 36.5 Å². The molecule has 0 saturated heterocycles. The van der Waals surface area contributed by atoms with Crippen molar-refractivity contribution < 1.29 is 4.74 Å². The number of hydrogen-bond donors (Lipinski definition) is 1. The fourth-order valence-electron chi connectivity index (χ4n) is 2.27. The predicted octanol–water partition coefficient (Wildman–Crippen LogP) is 4.57. The lowest BCUT2D eigenvalue weighted by Gasteiger charge is -2.08. The van der Waals surface area contributed by atoms with Gasteiger partial charge in [0.25, 0.3) is 0 Å². The second-order valence-electron chi connectivity index (χ2n) is 4.94. The Hall–Kier alpha value is -2.40. The zero-order valence-electron chi connectivity index (χ0n) is 12.8. The number of hydrogen-bond acceptors (Lipinski definition) is 5. The minimum atomic E-state index is 0.800. The van der Waals surface area contributed by atoms with Crippen molar-refractivity contribution in [2.24, 2.45) is 0 Å². The number of nitrogens with one attached hydrogen (secondary N) is 1. The minimum absolute atomic E-state index is 0.800. The first-order chi connectivity index (χ1) is 10.7. The summed E-state index contributed by atoms with van der Waals surface area (Å²) < 4.78 is 5.36.